The molecule has 2 rings (SSSR count). The summed E-state index contributed by atoms with van der Waals surface area (Å²) in [5.41, 5.74) is 3.99. The second-order valence-corrected chi connectivity index (χ2v) is 5.92. The molecule has 0 radical (unpaired) electrons. The molecule has 0 saturated carbocycles. The molecule has 0 aliphatic carbocycles. The molecule has 0 fully saturated rings. The summed E-state index contributed by atoms with van der Waals surface area (Å²) in [6.07, 6.45) is 0. The van der Waals surface area contributed by atoms with E-state index in [1.165, 1.54) is 22.5 Å². The Hall–Kier alpha value is -1.88. The third kappa shape index (κ3) is 3.82. The fourth-order valence-electron chi connectivity index (χ4n) is 2.02. The van der Waals surface area contributed by atoms with E-state index in [4.69, 9.17) is 4.74 Å². The number of benzene rings is 1. The largest absolute Gasteiger partial charge is 0.486 e. The van der Waals surface area contributed by atoms with Gasteiger partial charge in [0.25, 0.3) is 5.91 Å². The lowest BCUT2D eigenvalue weighted by Gasteiger charge is -2.11. The second-order valence-electron chi connectivity index (χ2n) is 4.98. The Morgan fingerprint density at radius 3 is 2.81 bits per heavy atom. The zero-order chi connectivity index (χ0) is 15.4. The van der Waals surface area contributed by atoms with Crippen LogP contribution in [0.15, 0.2) is 17.5 Å². The number of aryl methyl sites for hydroxylation is 2. The molecule has 1 N–H and O–H groups in total. The van der Waals surface area contributed by atoms with Crippen LogP contribution in [-0.4, -0.2) is 17.4 Å². The molecule has 0 unspecified atom stereocenters. The summed E-state index contributed by atoms with van der Waals surface area (Å²) >= 11 is 1.44. The number of amides is 1. The number of thiazole rings is 1. The molecule has 1 aromatic heterocycles. The molecule has 2 aromatic rings. The van der Waals surface area contributed by atoms with Crippen molar-refractivity contribution >= 4 is 17.2 Å². The van der Waals surface area contributed by atoms with Gasteiger partial charge in [-0.2, -0.15) is 0 Å². The predicted molar refractivity (Wildman–Crippen MR) is 85.1 cm³/mol. The highest BCUT2D eigenvalue weighted by molar-refractivity contribution is 7.09. The first-order valence-corrected chi connectivity index (χ1v) is 7.82. The number of hydrogen-bond donors (Lipinski definition) is 1. The van der Waals surface area contributed by atoms with E-state index < -0.39 is 0 Å². The van der Waals surface area contributed by atoms with E-state index in [1.54, 1.807) is 5.38 Å². The lowest BCUT2D eigenvalue weighted by atomic mass is 10.1. The maximum absolute atomic E-state index is 11.7. The zero-order valence-electron chi connectivity index (χ0n) is 12.8. The number of hydrogen-bond acceptors (Lipinski definition) is 4. The first kappa shape index (κ1) is 15.5. The van der Waals surface area contributed by atoms with Crippen LogP contribution in [0.1, 0.15) is 39.1 Å². The van der Waals surface area contributed by atoms with Crippen molar-refractivity contribution in [2.24, 2.45) is 0 Å². The van der Waals surface area contributed by atoms with Gasteiger partial charge >= 0.3 is 0 Å². The maximum Gasteiger partial charge on any atom is 0.270 e. The van der Waals surface area contributed by atoms with Crippen LogP contribution in [0.5, 0.6) is 5.75 Å². The molecular formula is C16H20N2O2S. The minimum Gasteiger partial charge on any atom is -0.486 e. The van der Waals surface area contributed by atoms with E-state index >= 15 is 0 Å². The zero-order valence-corrected chi connectivity index (χ0v) is 13.6. The third-order valence-corrected chi connectivity index (χ3v) is 4.06. The molecule has 1 amide bonds. The van der Waals surface area contributed by atoms with E-state index in [0.717, 1.165) is 16.3 Å². The van der Waals surface area contributed by atoms with Crippen molar-refractivity contribution in [3.8, 4) is 5.75 Å². The van der Waals surface area contributed by atoms with Gasteiger partial charge in [0.2, 0.25) is 0 Å². The van der Waals surface area contributed by atoms with Crippen LogP contribution in [0.3, 0.4) is 0 Å². The lowest BCUT2D eigenvalue weighted by molar-refractivity contribution is 0.0951. The van der Waals surface area contributed by atoms with Crippen LogP contribution < -0.4 is 10.1 Å². The Morgan fingerprint density at radius 1 is 1.33 bits per heavy atom. The predicted octanol–water partition coefficient (Wildman–Crippen LogP) is 3.40. The molecule has 0 bridgehead atoms. The molecule has 0 spiro atoms. The molecule has 0 saturated heterocycles. The summed E-state index contributed by atoms with van der Waals surface area (Å²) in [6, 6.07) is 4.17. The molecule has 112 valence electrons. The van der Waals surface area contributed by atoms with Gasteiger partial charge in [-0.1, -0.05) is 6.07 Å². The standard InChI is InChI=1S/C16H20N2O2S/c1-5-17-16(19)13-9-21-15(18-13)8-20-14-7-10(2)6-11(3)12(14)4/h6-7,9H,5,8H2,1-4H3,(H,17,19). The van der Waals surface area contributed by atoms with Crippen molar-refractivity contribution in [3.05, 3.63) is 44.9 Å². The number of rotatable bonds is 5. The van der Waals surface area contributed by atoms with Crippen LogP contribution in [0, 0.1) is 20.8 Å². The average Bonchev–Trinajstić information content (AvgIpc) is 2.90. The van der Waals surface area contributed by atoms with Gasteiger partial charge in [0.05, 0.1) is 0 Å². The molecule has 4 nitrogen and oxygen atoms in total. The minimum atomic E-state index is -0.136. The van der Waals surface area contributed by atoms with Gasteiger partial charge < -0.3 is 10.1 Å². The van der Waals surface area contributed by atoms with Crippen LogP contribution in [0.2, 0.25) is 0 Å². The molecule has 0 atom stereocenters. The summed E-state index contributed by atoms with van der Waals surface area (Å²) in [6.45, 7) is 9.04. The first-order valence-electron chi connectivity index (χ1n) is 6.94. The fraction of sp³-hybridized carbons (Fsp3) is 0.375. The summed E-state index contributed by atoms with van der Waals surface area (Å²) < 4.78 is 5.85. The number of nitrogens with zero attached hydrogens (tertiary/aromatic N) is 1. The molecule has 1 heterocycles. The van der Waals surface area contributed by atoms with Crippen molar-refractivity contribution in [2.45, 2.75) is 34.3 Å². The van der Waals surface area contributed by atoms with E-state index in [2.05, 4.69) is 30.2 Å². The summed E-state index contributed by atoms with van der Waals surface area (Å²) in [5.74, 6) is 0.741. The quantitative estimate of drug-likeness (QED) is 0.921. The van der Waals surface area contributed by atoms with Gasteiger partial charge in [-0.15, -0.1) is 11.3 Å². The Kier molecular flexibility index (Phi) is 4.96. The molecule has 0 aliphatic heterocycles. The van der Waals surface area contributed by atoms with E-state index in [-0.39, 0.29) is 5.91 Å². The highest BCUT2D eigenvalue weighted by atomic mass is 32.1. The van der Waals surface area contributed by atoms with Crippen molar-refractivity contribution in [1.82, 2.24) is 10.3 Å². The normalized spacial score (nSPS) is 10.5. The lowest BCUT2D eigenvalue weighted by Crippen LogP contribution is -2.22. The van der Waals surface area contributed by atoms with Gasteiger partial charge in [-0.25, -0.2) is 4.98 Å². The number of ether oxygens (including phenoxy) is 1. The van der Waals surface area contributed by atoms with Crippen LogP contribution in [0.25, 0.3) is 0 Å². The molecule has 0 aliphatic rings. The van der Waals surface area contributed by atoms with Crippen LogP contribution in [-0.2, 0) is 6.61 Å². The van der Waals surface area contributed by atoms with Crippen LogP contribution >= 0.6 is 11.3 Å². The maximum atomic E-state index is 11.7. The molecule has 1 aromatic carbocycles. The fourth-order valence-corrected chi connectivity index (χ4v) is 2.71. The van der Waals surface area contributed by atoms with E-state index in [1.807, 2.05) is 19.9 Å². The van der Waals surface area contributed by atoms with Crippen molar-refractivity contribution in [3.63, 3.8) is 0 Å². The van der Waals surface area contributed by atoms with Crippen LogP contribution in [0.4, 0.5) is 0 Å². The topological polar surface area (TPSA) is 51.2 Å². The average molecular weight is 304 g/mol. The highest BCUT2D eigenvalue weighted by Gasteiger charge is 2.11. The Morgan fingerprint density at radius 2 is 2.10 bits per heavy atom. The van der Waals surface area contributed by atoms with Gasteiger partial charge in [0.1, 0.15) is 23.1 Å². The highest BCUT2D eigenvalue weighted by Crippen LogP contribution is 2.24. The first-order chi connectivity index (χ1) is 10.0. The van der Waals surface area contributed by atoms with Crippen molar-refractivity contribution in [1.29, 1.82) is 0 Å². The molecular weight excluding hydrogens is 284 g/mol. The number of carbonyl (C=O) groups excluding carboxylic acids is 1. The number of nitrogens with one attached hydrogen (secondary N) is 1. The van der Waals surface area contributed by atoms with E-state index in [9.17, 15) is 4.79 Å². The Bertz CT molecular complexity index is 650. The monoisotopic (exact) mass is 304 g/mol. The summed E-state index contributed by atoms with van der Waals surface area (Å²) in [7, 11) is 0. The van der Waals surface area contributed by atoms with E-state index in [0.29, 0.717) is 18.8 Å². The molecule has 5 heteroatoms. The van der Waals surface area contributed by atoms with Gasteiger partial charge in [0.15, 0.2) is 0 Å². The second kappa shape index (κ2) is 6.72. The summed E-state index contributed by atoms with van der Waals surface area (Å²) in [5, 5.41) is 5.30. The SMILES string of the molecule is CCNC(=O)c1csc(COc2cc(C)cc(C)c2C)n1. The third-order valence-electron chi connectivity index (χ3n) is 3.24. The Labute approximate surface area is 129 Å². The Balaban J connectivity index is 2.05. The van der Waals surface area contributed by atoms with Crippen molar-refractivity contribution in [2.75, 3.05) is 6.54 Å². The number of carbonyl (C=O) groups is 1. The van der Waals surface area contributed by atoms with Crippen molar-refractivity contribution < 1.29 is 9.53 Å². The summed E-state index contributed by atoms with van der Waals surface area (Å²) in [4.78, 5) is 16.0. The van der Waals surface area contributed by atoms with Gasteiger partial charge in [-0.05, 0) is 50.5 Å². The van der Waals surface area contributed by atoms with Gasteiger partial charge in [-0.3, -0.25) is 4.79 Å². The molecule has 21 heavy (non-hydrogen) atoms. The number of aromatic nitrogens is 1. The minimum absolute atomic E-state index is 0.136. The smallest absolute Gasteiger partial charge is 0.270 e. The van der Waals surface area contributed by atoms with Gasteiger partial charge in [0, 0.05) is 11.9 Å².